The first-order valence-electron chi connectivity index (χ1n) is 6.60. The molecule has 2 aromatic carbocycles. The van der Waals surface area contributed by atoms with E-state index >= 15 is 0 Å². The molecule has 0 radical (unpaired) electrons. The smallest absolute Gasteiger partial charge is 0.261 e. The van der Waals surface area contributed by atoms with Crippen molar-refractivity contribution in [2.75, 3.05) is 11.3 Å². The van der Waals surface area contributed by atoms with Gasteiger partial charge in [0.15, 0.2) is 0 Å². The van der Waals surface area contributed by atoms with Gasteiger partial charge in [-0.25, -0.2) is 12.8 Å². The third kappa shape index (κ3) is 4.03. The highest BCUT2D eigenvalue weighted by Gasteiger charge is 2.16. The van der Waals surface area contributed by atoms with Crippen molar-refractivity contribution in [2.24, 2.45) is 0 Å². The largest absolute Gasteiger partial charge is 0.313 e. The maximum atomic E-state index is 13.7. The number of hydrogen-bond donors (Lipinski definition) is 2. The van der Waals surface area contributed by atoms with E-state index in [0.29, 0.717) is 17.8 Å². The lowest BCUT2D eigenvalue weighted by Gasteiger charge is -2.10. The summed E-state index contributed by atoms with van der Waals surface area (Å²) in [6.45, 7) is 2.87. The van der Waals surface area contributed by atoms with Crippen LogP contribution < -0.4 is 10.0 Å². The van der Waals surface area contributed by atoms with E-state index in [2.05, 4.69) is 10.0 Å². The first-order chi connectivity index (χ1) is 10.0. The Morgan fingerprint density at radius 1 is 1.10 bits per heavy atom. The molecule has 2 rings (SSSR count). The summed E-state index contributed by atoms with van der Waals surface area (Å²) in [6.07, 6.45) is 0. The Labute approximate surface area is 124 Å². The maximum Gasteiger partial charge on any atom is 0.261 e. The van der Waals surface area contributed by atoms with Gasteiger partial charge in [0.25, 0.3) is 10.0 Å². The standard InChI is InChI=1S/C15H17FN2O2S/c1-2-17-11-12-10-14(8-9-15(12)16)21(19,20)18-13-6-4-3-5-7-13/h3-10,17-18H,2,11H2,1H3. The SMILES string of the molecule is CCNCc1cc(S(=O)(=O)Nc2ccccc2)ccc1F. The monoisotopic (exact) mass is 308 g/mol. The topological polar surface area (TPSA) is 58.2 Å². The molecule has 112 valence electrons. The Kier molecular flexibility index (Phi) is 4.93. The molecule has 0 saturated carbocycles. The Hall–Kier alpha value is -1.92. The second kappa shape index (κ2) is 6.69. The number of para-hydroxylation sites is 1. The fourth-order valence-electron chi connectivity index (χ4n) is 1.83. The van der Waals surface area contributed by atoms with E-state index in [9.17, 15) is 12.8 Å². The van der Waals surface area contributed by atoms with Crippen LogP contribution in [0.4, 0.5) is 10.1 Å². The maximum absolute atomic E-state index is 13.7. The summed E-state index contributed by atoms with van der Waals surface area (Å²) in [6, 6.07) is 12.4. The van der Waals surface area contributed by atoms with Gasteiger partial charge in [0.05, 0.1) is 4.90 Å². The Balaban J connectivity index is 2.27. The van der Waals surface area contributed by atoms with Gasteiger partial charge in [-0.15, -0.1) is 0 Å². The summed E-state index contributed by atoms with van der Waals surface area (Å²) in [5, 5.41) is 2.98. The summed E-state index contributed by atoms with van der Waals surface area (Å²) in [4.78, 5) is 0.0423. The fourth-order valence-corrected chi connectivity index (χ4v) is 2.94. The van der Waals surface area contributed by atoms with Crippen molar-refractivity contribution in [3.8, 4) is 0 Å². The molecule has 0 saturated heterocycles. The van der Waals surface area contributed by atoms with Crippen molar-refractivity contribution in [2.45, 2.75) is 18.4 Å². The van der Waals surface area contributed by atoms with Gasteiger partial charge >= 0.3 is 0 Å². The first-order valence-corrected chi connectivity index (χ1v) is 8.08. The summed E-state index contributed by atoms with van der Waals surface area (Å²) in [5.41, 5.74) is 0.794. The van der Waals surface area contributed by atoms with E-state index in [1.807, 2.05) is 6.92 Å². The number of benzene rings is 2. The minimum absolute atomic E-state index is 0.0423. The van der Waals surface area contributed by atoms with Crippen LogP contribution in [0.5, 0.6) is 0 Å². The fraction of sp³-hybridized carbons (Fsp3) is 0.200. The Bertz CT molecular complexity index is 703. The zero-order valence-corrected chi connectivity index (χ0v) is 12.5. The molecule has 0 aromatic heterocycles. The summed E-state index contributed by atoms with van der Waals surface area (Å²) in [5.74, 6) is -0.422. The van der Waals surface area contributed by atoms with E-state index in [1.54, 1.807) is 30.3 Å². The van der Waals surface area contributed by atoms with E-state index in [0.717, 1.165) is 0 Å². The molecule has 0 aliphatic rings. The predicted octanol–water partition coefficient (Wildman–Crippen LogP) is 2.74. The second-order valence-electron chi connectivity index (χ2n) is 4.51. The van der Waals surface area contributed by atoms with Gasteiger partial charge in [-0.05, 0) is 36.9 Å². The van der Waals surface area contributed by atoms with Crippen LogP contribution in [-0.4, -0.2) is 15.0 Å². The Morgan fingerprint density at radius 2 is 1.81 bits per heavy atom. The lowest BCUT2D eigenvalue weighted by Crippen LogP contribution is -2.16. The number of sulfonamides is 1. The highest BCUT2D eigenvalue weighted by Crippen LogP contribution is 2.18. The number of hydrogen-bond acceptors (Lipinski definition) is 3. The highest BCUT2D eigenvalue weighted by molar-refractivity contribution is 7.92. The van der Waals surface area contributed by atoms with Gasteiger partial charge < -0.3 is 5.32 Å². The number of halogens is 1. The molecule has 0 fully saturated rings. The minimum Gasteiger partial charge on any atom is -0.313 e. The first kappa shape index (κ1) is 15.5. The van der Waals surface area contributed by atoms with Crippen molar-refractivity contribution < 1.29 is 12.8 Å². The van der Waals surface area contributed by atoms with E-state index in [4.69, 9.17) is 0 Å². The van der Waals surface area contributed by atoms with Gasteiger partial charge in [-0.1, -0.05) is 25.1 Å². The van der Waals surface area contributed by atoms with Gasteiger partial charge in [0.1, 0.15) is 5.82 Å². The normalized spacial score (nSPS) is 11.3. The molecule has 0 spiro atoms. The van der Waals surface area contributed by atoms with Crippen molar-refractivity contribution in [1.82, 2.24) is 5.32 Å². The van der Waals surface area contributed by atoms with Crippen molar-refractivity contribution in [3.05, 3.63) is 59.9 Å². The zero-order chi connectivity index (χ0) is 15.3. The lowest BCUT2D eigenvalue weighted by atomic mass is 10.2. The molecule has 0 amide bonds. The van der Waals surface area contributed by atoms with E-state index in [1.165, 1.54) is 18.2 Å². The van der Waals surface area contributed by atoms with Crippen molar-refractivity contribution >= 4 is 15.7 Å². The van der Waals surface area contributed by atoms with Gasteiger partial charge in [-0.2, -0.15) is 0 Å². The van der Waals surface area contributed by atoms with Crippen molar-refractivity contribution in [1.29, 1.82) is 0 Å². The molecule has 0 aliphatic heterocycles. The Morgan fingerprint density at radius 3 is 2.48 bits per heavy atom. The molecule has 0 heterocycles. The molecule has 0 unspecified atom stereocenters. The quantitative estimate of drug-likeness (QED) is 0.862. The second-order valence-corrected chi connectivity index (χ2v) is 6.19. The van der Waals surface area contributed by atoms with Crippen LogP contribution >= 0.6 is 0 Å². The third-order valence-corrected chi connectivity index (χ3v) is 4.30. The van der Waals surface area contributed by atoms with Crippen LogP contribution in [0, 0.1) is 5.82 Å². The minimum atomic E-state index is -3.72. The van der Waals surface area contributed by atoms with E-state index < -0.39 is 15.8 Å². The van der Waals surface area contributed by atoms with Crippen LogP contribution in [0.25, 0.3) is 0 Å². The van der Waals surface area contributed by atoms with Crippen molar-refractivity contribution in [3.63, 3.8) is 0 Å². The number of rotatable bonds is 6. The summed E-state index contributed by atoms with van der Waals surface area (Å²) >= 11 is 0. The van der Waals surface area contributed by atoms with Crippen LogP contribution in [0.15, 0.2) is 53.4 Å². The molecule has 21 heavy (non-hydrogen) atoms. The van der Waals surface area contributed by atoms with Crippen LogP contribution in [0.1, 0.15) is 12.5 Å². The number of nitrogens with one attached hydrogen (secondary N) is 2. The van der Waals surface area contributed by atoms with E-state index in [-0.39, 0.29) is 11.4 Å². The average Bonchev–Trinajstić information content (AvgIpc) is 2.47. The molecular weight excluding hydrogens is 291 g/mol. The average molecular weight is 308 g/mol. The molecule has 4 nitrogen and oxygen atoms in total. The van der Waals surface area contributed by atoms with Gasteiger partial charge in [0.2, 0.25) is 0 Å². The summed E-state index contributed by atoms with van der Waals surface area (Å²) in [7, 11) is -3.72. The molecule has 0 bridgehead atoms. The van der Waals surface area contributed by atoms with Gasteiger partial charge in [-0.3, -0.25) is 4.72 Å². The highest BCUT2D eigenvalue weighted by atomic mass is 32.2. The molecular formula is C15H17FN2O2S. The van der Waals surface area contributed by atoms with Crippen LogP contribution in [0.3, 0.4) is 0 Å². The zero-order valence-electron chi connectivity index (χ0n) is 11.6. The van der Waals surface area contributed by atoms with Gasteiger partial charge in [0, 0.05) is 17.8 Å². The van der Waals surface area contributed by atoms with Crippen LogP contribution in [0.2, 0.25) is 0 Å². The number of anilines is 1. The third-order valence-electron chi connectivity index (χ3n) is 2.92. The summed E-state index contributed by atoms with van der Waals surface area (Å²) < 4.78 is 40.7. The molecule has 0 aliphatic carbocycles. The molecule has 2 N–H and O–H groups in total. The lowest BCUT2D eigenvalue weighted by molar-refractivity contribution is 0.587. The molecule has 2 aromatic rings. The molecule has 0 atom stereocenters. The van der Waals surface area contributed by atoms with Crippen LogP contribution in [-0.2, 0) is 16.6 Å². The molecule has 6 heteroatoms. The predicted molar refractivity (Wildman–Crippen MR) is 81.0 cm³/mol.